The molecule has 0 saturated carbocycles. The average Bonchev–Trinajstić information content (AvgIpc) is 3.49. The highest BCUT2D eigenvalue weighted by Crippen LogP contribution is 2.43. The molecule has 2 aromatic heterocycles. The predicted molar refractivity (Wildman–Crippen MR) is 169 cm³/mol. The third-order valence-corrected chi connectivity index (χ3v) is 18.2. The van der Waals surface area contributed by atoms with Gasteiger partial charge in [0.15, 0.2) is 33.6 Å². The molecule has 1 aliphatic heterocycles. The van der Waals surface area contributed by atoms with Gasteiger partial charge in [0, 0.05) is 24.6 Å². The molecule has 3 heterocycles. The summed E-state index contributed by atoms with van der Waals surface area (Å²) in [7, 11) is -4.09. The number of para-hydroxylation sites is 1. The second kappa shape index (κ2) is 11.8. The van der Waals surface area contributed by atoms with E-state index in [1.807, 2.05) is 4.57 Å². The first kappa shape index (κ1) is 32.2. The SMILES string of the molecule is CC(C)(C)[Si](C)(C)OC[C@H]1O[C@@H](n2cnc3c(NCc4ccccc4[N+](=O)[O-])ncnc32)CC1O[Si](C)(C)C(C)(C)C. The molecule has 0 bridgehead atoms. The van der Waals surface area contributed by atoms with Gasteiger partial charge < -0.3 is 18.9 Å². The smallest absolute Gasteiger partial charge is 0.274 e. The number of nitro benzene ring substituents is 1. The number of fused-ring (bicyclic) bond motifs is 1. The van der Waals surface area contributed by atoms with E-state index in [9.17, 15) is 10.1 Å². The minimum absolute atomic E-state index is 0.0546. The molecule has 1 unspecified atom stereocenters. The van der Waals surface area contributed by atoms with Gasteiger partial charge in [-0.2, -0.15) is 0 Å². The highest BCUT2D eigenvalue weighted by molar-refractivity contribution is 6.74. The molecular formula is C29H46N6O5Si2. The molecule has 1 saturated heterocycles. The van der Waals surface area contributed by atoms with Crippen LogP contribution >= 0.6 is 0 Å². The van der Waals surface area contributed by atoms with Gasteiger partial charge in [-0.1, -0.05) is 59.7 Å². The third kappa shape index (κ3) is 6.75. The van der Waals surface area contributed by atoms with Crippen molar-refractivity contribution in [3.8, 4) is 0 Å². The van der Waals surface area contributed by atoms with Crippen molar-refractivity contribution in [2.75, 3.05) is 11.9 Å². The molecule has 0 radical (unpaired) electrons. The zero-order valence-corrected chi connectivity index (χ0v) is 28.6. The summed E-state index contributed by atoms with van der Waals surface area (Å²) in [5, 5.41) is 14.8. The van der Waals surface area contributed by atoms with Gasteiger partial charge in [-0.3, -0.25) is 14.7 Å². The summed E-state index contributed by atoms with van der Waals surface area (Å²) in [4.78, 5) is 24.6. The van der Waals surface area contributed by atoms with Gasteiger partial charge in [-0.05, 0) is 36.3 Å². The van der Waals surface area contributed by atoms with E-state index >= 15 is 0 Å². The quantitative estimate of drug-likeness (QED) is 0.145. The van der Waals surface area contributed by atoms with Gasteiger partial charge in [0.1, 0.15) is 18.7 Å². The maximum absolute atomic E-state index is 11.4. The second-order valence-corrected chi connectivity index (χ2v) is 23.7. The minimum Gasteiger partial charge on any atom is -0.414 e. The van der Waals surface area contributed by atoms with E-state index in [0.717, 1.165) is 0 Å². The fraction of sp³-hybridized carbons (Fsp3) is 0.621. The summed E-state index contributed by atoms with van der Waals surface area (Å²) in [5.41, 5.74) is 1.81. The largest absolute Gasteiger partial charge is 0.414 e. The average molecular weight is 615 g/mol. The molecule has 13 heteroatoms. The van der Waals surface area contributed by atoms with Crippen molar-refractivity contribution >= 4 is 39.3 Å². The molecule has 42 heavy (non-hydrogen) atoms. The van der Waals surface area contributed by atoms with Gasteiger partial charge in [0.05, 0.1) is 24.0 Å². The molecule has 0 spiro atoms. The molecule has 0 aliphatic carbocycles. The molecule has 11 nitrogen and oxygen atoms in total. The van der Waals surface area contributed by atoms with Crippen LogP contribution in [0.4, 0.5) is 11.5 Å². The number of hydrogen-bond donors (Lipinski definition) is 1. The molecule has 1 N–H and O–H groups in total. The summed E-state index contributed by atoms with van der Waals surface area (Å²) in [6.07, 6.45) is 3.15. The fourth-order valence-corrected chi connectivity index (χ4v) is 6.79. The summed E-state index contributed by atoms with van der Waals surface area (Å²) < 4.78 is 22.1. The third-order valence-electron chi connectivity index (χ3n) is 9.15. The van der Waals surface area contributed by atoms with Crippen LogP contribution in [-0.2, 0) is 20.1 Å². The van der Waals surface area contributed by atoms with E-state index in [-0.39, 0.29) is 45.7 Å². The molecule has 1 aromatic carbocycles. The summed E-state index contributed by atoms with van der Waals surface area (Å²) >= 11 is 0. The van der Waals surface area contributed by atoms with Crippen LogP contribution in [0.3, 0.4) is 0 Å². The van der Waals surface area contributed by atoms with Crippen molar-refractivity contribution < 1.29 is 18.5 Å². The number of anilines is 1. The Morgan fingerprint density at radius 2 is 1.71 bits per heavy atom. The van der Waals surface area contributed by atoms with E-state index in [1.54, 1.807) is 24.5 Å². The van der Waals surface area contributed by atoms with Crippen molar-refractivity contribution in [2.45, 2.75) is 109 Å². The van der Waals surface area contributed by atoms with Crippen molar-refractivity contribution in [3.63, 3.8) is 0 Å². The number of nitro groups is 1. The van der Waals surface area contributed by atoms with Gasteiger partial charge in [0.2, 0.25) is 0 Å². The highest BCUT2D eigenvalue weighted by Gasteiger charge is 2.47. The van der Waals surface area contributed by atoms with Crippen molar-refractivity contribution in [1.82, 2.24) is 19.5 Å². The maximum atomic E-state index is 11.4. The number of nitrogens with zero attached hydrogens (tertiary/aromatic N) is 5. The van der Waals surface area contributed by atoms with Gasteiger partial charge >= 0.3 is 0 Å². The van der Waals surface area contributed by atoms with Crippen LogP contribution in [0.5, 0.6) is 0 Å². The van der Waals surface area contributed by atoms with Gasteiger partial charge in [0.25, 0.3) is 5.69 Å². The Bertz CT molecular complexity index is 1420. The minimum atomic E-state index is -2.09. The first-order chi connectivity index (χ1) is 19.4. The van der Waals surface area contributed by atoms with E-state index in [2.05, 4.69) is 88.0 Å². The summed E-state index contributed by atoms with van der Waals surface area (Å²) in [6, 6.07) is 6.65. The monoisotopic (exact) mass is 614 g/mol. The number of ether oxygens (including phenoxy) is 1. The number of hydrogen-bond acceptors (Lipinski definition) is 9. The van der Waals surface area contributed by atoms with E-state index in [4.69, 9.17) is 13.6 Å². The van der Waals surface area contributed by atoms with Crippen molar-refractivity contribution in [3.05, 3.63) is 52.6 Å². The highest BCUT2D eigenvalue weighted by atomic mass is 28.4. The Kier molecular flexibility index (Phi) is 9.01. The predicted octanol–water partition coefficient (Wildman–Crippen LogP) is 7.05. The lowest BCUT2D eigenvalue weighted by molar-refractivity contribution is -0.385. The zero-order valence-electron chi connectivity index (χ0n) is 26.6. The maximum Gasteiger partial charge on any atom is 0.274 e. The van der Waals surface area contributed by atoms with Crippen LogP contribution in [0.1, 0.15) is 59.8 Å². The number of benzene rings is 1. The molecule has 3 atom stereocenters. The van der Waals surface area contributed by atoms with Crippen LogP contribution in [0.2, 0.25) is 36.3 Å². The summed E-state index contributed by atoms with van der Waals surface area (Å²) in [6.45, 7) is 23.2. The topological polar surface area (TPSA) is 126 Å². The Balaban J connectivity index is 1.58. The molecule has 3 aromatic rings. The number of imidazole rings is 1. The Hall–Kier alpha value is -2.72. The number of rotatable bonds is 10. The summed E-state index contributed by atoms with van der Waals surface area (Å²) in [5.74, 6) is 0.502. The van der Waals surface area contributed by atoms with Crippen LogP contribution in [0.15, 0.2) is 36.9 Å². The van der Waals surface area contributed by atoms with E-state index in [0.29, 0.717) is 35.6 Å². The lowest BCUT2D eigenvalue weighted by Crippen LogP contribution is -2.48. The van der Waals surface area contributed by atoms with E-state index in [1.165, 1.54) is 12.4 Å². The normalized spacial score (nSPS) is 20.3. The Morgan fingerprint density at radius 1 is 1.05 bits per heavy atom. The Morgan fingerprint density at radius 3 is 2.36 bits per heavy atom. The Labute approximate surface area is 250 Å². The first-order valence-electron chi connectivity index (χ1n) is 14.5. The second-order valence-electron chi connectivity index (χ2n) is 14.1. The molecule has 1 fully saturated rings. The first-order valence-corrected chi connectivity index (χ1v) is 20.3. The number of nitrogens with one attached hydrogen (secondary N) is 1. The van der Waals surface area contributed by atoms with Crippen molar-refractivity contribution in [2.24, 2.45) is 0 Å². The van der Waals surface area contributed by atoms with Crippen LogP contribution in [-0.4, -0.2) is 59.9 Å². The molecule has 230 valence electrons. The lowest BCUT2D eigenvalue weighted by atomic mass is 10.2. The molecule has 4 rings (SSSR count). The molecule has 1 aliphatic rings. The molecule has 0 amide bonds. The van der Waals surface area contributed by atoms with Gasteiger partial charge in [-0.25, -0.2) is 15.0 Å². The standard InChI is InChI=1S/C29H46N6O5Si2/c1-28(2,3)41(7,8)38-17-23-22(40-42(9,10)29(4,5)6)15-24(39-23)34-19-33-25-26(31-18-32-27(25)34)30-16-20-13-11-12-14-21(20)35(36)37/h11-14,18-19,22-24H,15-17H2,1-10H3,(H,30,31,32)/t22?,23-,24-/m1/s1. The zero-order chi connectivity index (χ0) is 31.1. The lowest BCUT2D eigenvalue weighted by Gasteiger charge is -2.40. The van der Waals surface area contributed by atoms with E-state index < -0.39 is 16.6 Å². The van der Waals surface area contributed by atoms with Crippen LogP contribution < -0.4 is 5.32 Å². The van der Waals surface area contributed by atoms with Gasteiger partial charge in [-0.15, -0.1) is 0 Å². The van der Waals surface area contributed by atoms with Crippen LogP contribution in [0, 0.1) is 10.1 Å². The number of aromatic nitrogens is 4. The fourth-order valence-electron chi connectivity index (χ4n) is 4.42. The molecular weight excluding hydrogens is 569 g/mol. The van der Waals surface area contributed by atoms with Crippen molar-refractivity contribution in [1.29, 1.82) is 0 Å². The van der Waals surface area contributed by atoms with Crippen LogP contribution in [0.25, 0.3) is 11.2 Å².